The maximum atomic E-state index is 4.85. The zero-order valence-corrected chi connectivity index (χ0v) is 13.5. The minimum absolute atomic E-state index is 0.623. The highest BCUT2D eigenvalue weighted by molar-refractivity contribution is 5.77. The Balaban J connectivity index is 1.67. The Kier molecular flexibility index (Phi) is 3.74. The highest BCUT2D eigenvalue weighted by atomic mass is 15.3. The van der Waals surface area contributed by atoms with Gasteiger partial charge in [-0.25, -0.2) is 4.98 Å². The molecule has 1 aromatic carbocycles. The molecule has 1 saturated carbocycles. The van der Waals surface area contributed by atoms with E-state index in [0.717, 1.165) is 18.1 Å². The third-order valence-corrected chi connectivity index (χ3v) is 4.86. The first-order chi connectivity index (χ1) is 11.3. The molecule has 0 amide bonds. The topological polar surface area (TPSA) is 41.1 Å². The number of hydrogen-bond acceptors (Lipinski definition) is 4. The Labute approximate surface area is 137 Å². The van der Waals surface area contributed by atoms with Crippen LogP contribution in [0.5, 0.6) is 0 Å². The van der Waals surface area contributed by atoms with Gasteiger partial charge in [0, 0.05) is 30.0 Å². The molecule has 1 aromatic heterocycles. The highest BCUT2D eigenvalue weighted by Gasteiger charge is 2.28. The molecule has 23 heavy (non-hydrogen) atoms. The molecule has 4 nitrogen and oxygen atoms in total. The second kappa shape index (κ2) is 6.03. The van der Waals surface area contributed by atoms with Crippen LogP contribution in [-0.4, -0.2) is 22.6 Å². The number of allylic oxidation sites excluding steroid dienone is 1. The van der Waals surface area contributed by atoms with E-state index in [-0.39, 0.29) is 0 Å². The monoisotopic (exact) mass is 306 g/mol. The van der Waals surface area contributed by atoms with E-state index in [1.807, 2.05) is 36.5 Å². The second-order valence-corrected chi connectivity index (χ2v) is 6.40. The first-order valence-electron chi connectivity index (χ1n) is 8.44. The largest absolute Gasteiger partial charge is 0.349 e. The molecule has 1 aliphatic heterocycles. The Bertz CT molecular complexity index is 717. The van der Waals surface area contributed by atoms with Crippen LogP contribution in [0.1, 0.15) is 38.2 Å². The number of fused-ring (bicyclic) bond motifs is 1. The molecule has 0 spiro atoms. The maximum absolute atomic E-state index is 4.85. The summed E-state index contributed by atoms with van der Waals surface area (Å²) in [5, 5.41) is 3.31. The summed E-state index contributed by atoms with van der Waals surface area (Å²) in [6.45, 7) is 3.11. The van der Waals surface area contributed by atoms with Crippen LogP contribution in [0, 0.1) is 0 Å². The first kappa shape index (κ1) is 14.2. The smallest absolute Gasteiger partial charge is 0.229 e. The zero-order valence-electron chi connectivity index (χ0n) is 13.5. The van der Waals surface area contributed by atoms with E-state index in [0.29, 0.717) is 12.0 Å². The van der Waals surface area contributed by atoms with Crippen molar-refractivity contribution < 1.29 is 0 Å². The molecular formula is C19H22N4. The van der Waals surface area contributed by atoms with E-state index in [1.54, 1.807) is 0 Å². The molecule has 2 aliphatic rings. The van der Waals surface area contributed by atoms with Gasteiger partial charge in [-0.3, -0.25) is 0 Å². The molecule has 0 bridgehead atoms. The van der Waals surface area contributed by atoms with Crippen LogP contribution in [0.3, 0.4) is 0 Å². The number of anilines is 3. The number of aromatic nitrogens is 2. The van der Waals surface area contributed by atoms with Crippen molar-refractivity contribution in [2.24, 2.45) is 0 Å². The van der Waals surface area contributed by atoms with Gasteiger partial charge in [-0.05, 0) is 37.5 Å². The summed E-state index contributed by atoms with van der Waals surface area (Å²) in [5.74, 6) is 1.76. The lowest BCUT2D eigenvalue weighted by molar-refractivity contribution is 0.621. The molecule has 0 unspecified atom stereocenters. The van der Waals surface area contributed by atoms with Crippen molar-refractivity contribution in [1.82, 2.24) is 9.97 Å². The SMILES string of the molecule is CC1=CCN(C2CCCC2)c2nc(Nc3ccccc3)ncc21. The molecule has 2 aromatic rings. The first-order valence-corrected chi connectivity index (χ1v) is 8.44. The molecule has 0 atom stereocenters. The van der Waals surface area contributed by atoms with Crippen LogP contribution in [0.2, 0.25) is 0 Å². The van der Waals surface area contributed by atoms with Crippen LogP contribution in [-0.2, 0) is 0 Å². The van der Waals surface area contributed by atoms with E-state index < -0.39 is 0 Å². The van der Waals surface area contributed by atoms with Gasteiger partial charge < -0.3 is 10.2 Å². The highest BCUT2D eigenvalue weighted by Crippen LogP contribution is 2.35. The van der Waals surface area contributed by atoms with Gasteiger partial charge in [0.15, 0.2) is 0 Å². The van der Waals surface area contributed by atoms with Gasteiger partial charge in [-0.15, -0.1) is 0 Å². The number of nitrogens with zero attached hydrogens (tertiary/aromatic N) is 3. The summed E-state index contributed by atoms with van der Waals surface area (Å²) < 4.78 is 0. The fraction of sp³-hybridized carbons (Fsp3) is 0.368. The van der Waals surface area contributed by atoms with E-state index in [9.17, 15) is 0 Å². The Morgan fingerprint density at radius 3 is 2.70 bits per heavy atom. The standard InChI is InChI=1S/C19H22N4/c1-14-11-12-23(16-9-5-6-10-16)18-17(14)13-20-19(22-18)21-15-7-3-2-4-8-15/h2-4,7-8,11,13,16H,5-6,9-10,12H2,1H3,(H,20,21,22). The van der Waals surface area contributed by atoms with E-state index in [4.69, 9.17) is 4.98 Å². The van der Waals surface area contributed by atoms with Crippen molar-refractivity contribution in [3.8, 4) is 0 Å². The predicted molar refractivity (Wildman–Crippen MR) is 95.0 cm³/mol. The van der Waals surface area contributed by atoms with Gasteiger partial charge in [-0.2, -0.15) is 4.98 Å². The van der Waals surface area contributed by atoms with Crippen LogP contribution in [0.25, 0.3) is 5.57 Å². The summed E-state index contributed by atoms with van der Waals surface area (Å²) in [7, 11) is 0. The molecule has 2 heterocycles. The molecule has 1 fully saturated rings. The van der Waals surface area contributed by atoms with Gasteiger partial charge >= 0.3 is 0 Å². The van der Waals surface area contributed by atoms with Crippen molar-refractivity contribution in [3.05, 3.63) is 48.2 Å². The van der Waals surface area contributed by atoms with Crippen molar-refractivity contribution in [2.75, 3.05) is 16.8 Å². The number of benzene rings is 1. The molecule has 0 saturated heterocycles. The fourth-order valence-electron chi connectivity index (χ4n) is 3.55. The van der Waals surface area contributed by atoms with Gasteiger partial charge in [0.25, 0.3) is 0 Å². The molecule has 4 rings (SSSR count). The van der Waals surface area contributed by atoms with Crippen LogP contribution < -0.4 is 10.2 Å². The van der Waals surface area contributed by atoms with E-state index in [1.165, 1.54) is 36.8 Å². The third kappa shape index (κ3) is 2.81. The molecule has 1 aliphatic carbocycles. The average Bonchev–Trinajstić information content (AvgIpc) is 3.10. The Hall–Kier alpha value is -2.36. The Morgan fingerprint density at radius 1 is 1.13 bits per heavy atom. The lowest BCUT2D eigenvalue weighted by atomic mass is 10.0. The number of nitrogens with one attached hydrogen (secondary N) is 1. The molecule has 0 radical (unpaired) electrons. The summed E-state index contributed by atoms with van der Waals surface area (Å²) >= 11 is 0. The number of para-hydroxylation sites is 1. The normalized spacial score (nSPS) is 17.8. The molecule has 4 heteroatoms. The lowest BCUT2D eigenvalue weighted by Gasteiger charge is -2.33. The average molecular weight is 306 g/mol. The van der Waals surface area contributed by atoms with Crippen LogP contribution in [0.4, 0.5) is 17.5 Å². The van der Waals surface area contributed by atoms with Crippen molar-refractivity contribution >= 4 is 23.0 Å². The minimum atomic E-state index is 0.623. The lowest BCUT2D eigenvalue weighted by Crippen LogP contribution is -2.36. The second-order valence-electron chi connectivity index (χ2n) is 6.40. The molecule has 1 N–H and O–H groups in total. The third-order valence-electron chi connectivity index (χ3n) is 4.86. The van der Waals surface area contributed by atoms with E-state index >= 15 is 0 Å². The van der Waals surface area contributed by atoms with Crippen molar-refractivity contribution in [1.29, 1.82) is 0 Å². The minimum Gasteiger partial charge on any atom is -0.349 e. The maximum Gasteiger partial charge on any atom is 0.229 e. The van der Waals surface area contributed by atoms with Crippen molar-refractivity contribution in [3.63, 3.8) is 0 Å². The van der Waals surface area contributed by atoms with Gasteiger partial charge in [-0.1, -0.05) is 37.1 Å². The fourth-order valence-corrected chi connectivity index (χ4v) is 3.55. The summed E-state index contributed by atoms with van der Waals surface area (Å²) in [6, 6.07) is 10.7. The van der Waals surface area contributed by atoms with E-state index in [2.05, 4.69) is 28.2 Å². The number of hydrogen-bond donors (Lipinski definition) is 1. The van der Waals surface area contributed by atoms with Gasteiger partial charge in [0.1, 0.15) is 5.82 Å². The van der Waals surface area contributed by atoms with Crippen LogP contribution in [0.15, 0.2) is 42.6 Å². The summed E-state index contributed by atoms with van der Waals surface area (Å²) in [5.41, 5.74) is 3.46. The molecular weight excluding hydrogens is 284 g/mol. The molecule has 118 valence electrons. The quantitative estimate of drug-likeness (QED) is 0.913. The van der Waals surface area contributed by atoms with Gasteiger partial charge in [0.2, 0.25) is 5.95 Å². The Morgan fingerprint density at radius 2 is 1.91 bits per heavy atom. The number of rotatable bonds is 3. The van der Waals surface area contributed by atoms with Crippen molar-refractivity contribution in [2.45, 2.75) is 38.6 Å². The van der Waals surface area contributed by atoms with Gasteiger partial charge in [0.05, 0.1) is 0 Å². The zero-order chi connectivity index (χ0) is 15.6. The predicted octanol–water partition coefficient (Wildman–Crippen LogP) is 4.39. The summed E-state index contributed by atoms with van der Waals surface area (Å²) in [4.78, 5) is 11.8. The van der Waals surface area contributed by atoms with Crippen LogP contribution >= 0.6 is 0 Å². The summed E-state index contributed by atoms with van der Waals surface area (Å²) in [6.07, 6.45) is 9.48.